The number of rotatable bonds is 4. The van der Waals surface area contributed by atoms with Gasteiger partial charge in [0.25, 0.3) is 0 Å². The molecule has 0 N–H and O–H groups in total. The van der Waals surface area contributed by atoms with Crippen LogP contribution in [0.25, 0.3) is 11.4 Å². The van der Waals surface area contributed by atoms with Crippen molar-refractivity contribution in [2.45, 2.75) is 58.8 Å². The number of hydrogen-bond acceptors (Lipinski definition) is 4. The molecule has 0 radical (unpaired) electrons. The predicted molar refractivity (Wildman–Crippen MR) is 122 cm³/mol. The molecule has 1 amide bonds. The van der Waals surface area contributed by atoms with Gasteiger partial charge < -0.3 is 9.80 Å². The standard InChI is InChI=1S/C25H34N4O/c1-18(2)22-19(3)26-23(20-10-5-4-6-11-20)27-24(22)28-14-9-15-29(17-16-28)25(30)21-12-7-8-13-21/h4-6,10-11,18,21H,7-9,12-17H2,1-3H3. The highest BCUT2D eigenvalue weighted by Gasteiger charge is 2.29. The second-order valence-electron chi connectivity index (χ2n) is 9.04. The van der Waals surface area contributed by atoms with Gasteiger partial charge in [-0.3, -0.25) is 4.79 Å². The average Bonchev–Trinajstić information content (AvgIpc) is 3.17. The smallest absolute Gasteiger partial charge is 0.225 e. The zero-order chi connectivity index (χ0) is 21.1. The number of carbonyl (C=O) groups is 1. The van der Waals surface area contributed by atoms with Gasteiger partial charge in [0.2, 0.25) is 5.91 Å². The summed E-state index contributed by atoms with van der Waals surface area (Å²) in [6.07, 6.45) is 5.54. The predicted octanol–water partition coefficient (Wildman–Crippen LogP) is 4.80. The molecule has 160 valence electrons. The molecule has 2 heterocycles. The third-order valence-electron chi connectivity index (χ3n) is 6.54. The first-order valence-corrected chi connectivity index (χ1v) is 11.5. The lowest BCUT2D eigenvalue weighted by Gasteiger charge is -2.28. The highest BCUT2D eigenvalue weighted by atomic mass is 16.2. The Morgan fingerprint density at radius 3 is 2.40 bits per heavy atom. The van der Waals surface area contributed by atoms with Gasteiger partial charge in [0, 0.05) is 48.9 Å². The molecule has 0 bridgehead atoms. The molecule has 0 unspecified atom stereocenters. The number of aromatic nitrogens is 2. The van der Waals surface area contributed by atoms with Crippen molar-refractivity contribution in [1.82, 2.24) is 14.9 Å². The highest BCUT2D eigenvalue weighted by molar-refractivity contribution is 5.79. The van der Waals surface area contributed by atoms with E-state index in [1.165, 1.54) is 18.4 Å². The third-order valence-corrected chi connectivity index (χ3v) is 6.54. The summed E-state index contributed by atoms with van der Waals surface area (Å²) in [4.78, 5) is 27.3. The molecule has 0 spiro atoms. The fourth-order valence-corrected chi connectivity index (χ4v) is 4.98. The van der Waals surface area contributed by atoms with Crippen molar-refractivity contribution in [2.75, 3.05) is 31.1 Å². The van der Waals surface area contributed by atoms with E-state index in [0.717, 1.165) is 68.3 Å². The van der Waals surface area contributed by atoms with E-state index >= 15 is 0 Å². The minimum atomic E-state index is 0.258. The van der Waals surface area contributed by atoms with Gasteiger partial charge >= 0.3 is 0 Å². The molecule has 30 heavy (non-hydrogen) atoms. The second kappa shape index (κ2) is 9.15. The molecule has 2 aromatic rings. The lowest BCUT2D eigenvalue weighted by atomic mass is 10.0. The quantitative estimate of drug-likeness (QED) is 0.731. The van der Waals surface area contributed by atoms with Crippen LogP contribution in [0.5, 0.6) is 0 Å². The number of anilines is 1. The first-order valence-electron chi connectivity index (χ1n) is 11.5. The summed E-state index contributed by atoms with van der Waals surface area (Å²) >= 11 is 0. The number of carbonyl (C=O) groups excluding carboxylic acids is 1. The van der Waals surface area contributed by atoms with Gasteiger partial charge in [0.15, 0.2) is 5.82 Å². The maximum atomic E-state index is 12.9. The summed E-state index contributed by atoms with van der Waals surface area (Å²) in [7, 11) is 0. The summed E-state index contributed by atoms with van der Waals surface area (Å²) in [6, 6.07) is 10.2. The maximum absolute atomic E-state index is 12.9. The van der Waals surface area contributed by atoms with Crippen LogP contribution in [0, 0.1) is 12.8 Å². The van der Waals surface area contributed by atoms with Crippen molar-refractivity contribution in [2.24, 2.45) is 5.92 Å². The van der Waals surface area contributed by atoms with Gasteiger partial charge in [0.1, 0.15) is 5.82 Å². The monoisotopic (exact) mass is 406 g/mol. The van der Waals surface area contributed by atoms with E-state index in [4.69, 9.17) is 9.97 Å². The van der Waals surface area contributed by atoms with Crippen LogP contribution in [0.3, 0.4) is 0 Å². The molecule has 1 aromatic carbocycles. The number of nitrogens with zero attached hydrogens (tertiary/aromatic N) is 4. The Balaban J connectivity index is 1.60. The molecule has 0 atom stereocenters. The second-order valence-corrected chi connectivity index (χ2v) is 9.04. The minimum Gasteiger partial charge on any atom is -0.354 e. The molecule has 5 nitrogen and oxygen atoms in total. The number of benzene rings is 1. The maximum Gasteiger partial charge on any atom is 0.225 e. The van der Waals surface area contributed by atoms with Crippen molar-refractivity contribution < 1.29 is 4.79 Å². The Labute approximate surface area is 180 Å². The van der Waals surface area contributed by atoms with E-state index in [2.05, 4.69) is 42.7 Å². The topological polar surface area (TPSA) is 49.3 Å². The Bertz CT molecular complexity index is 874. The van der Waals surface area contributed by atoms with E-state index in [1.807, 2.05) is 18.2 Å². The normalized spacial score (nSPS) is 18.1. The average molecular weight is 407 g/mol. The van der Waals surface area contributed by atoms with Crippen LogP contribution in [0.15, 0.2) is 30.3 Å². The summed E-state index contributed by atoms with van der Waals surface area (Å²) in [5.41, 5.74) is 3.33. The van der Waals surface area contributed by atoms with E-state index in [-0.39, 0.29) is 5.92 Å². The first kappa shape index (κ1) is 20.8. The summed E-state index contributed by atoms with van der Waals surface area (Å²) < 4.78 is 0. The van der Waals surface area contributed by atoms with E-state index in [9.17, 15) is 4.79 Å². The van der Waals surface area contributed by atoms with Crippen LogP contribution >= 0.6 is 0 Å². The molecule has 1 saturated carbocycles. The van der Waals surface area contributed by atoms with Crippen molar-refractivity contribution in [1.29, 1.82) is 0 Å². The Morgan fingerprint density at radius 2 is 1.70 bits per heavy atom. The molecule has 1 aliphatic heterocycles. The van der Waals surface area contributed by atoms with Crippen LogP contribution in [0.1, 0.15) is 63.1 Å². The fourth-order valence-electron chi connectivity index (χ4n) is 4.98. The van der Waals surface area contributed by atoms with Gasteiger partial charge in [-0.15, -0.1) is 0 Å². The van der Waals surface area contributed by atoms with Crippen LogP contribution < -0.4 is 4.90 Å². The van der Waals surface area contributed by atoms with Crippen molar-refractivity contribution >= 4 is 11.7 Å². The molecule has 1 aromatic heterocycles. The van der Waals surface area contributed by atoms with Crippen LogP contribution in [0.2, 0.25) is 0 Å². The SMILES string of the molecule is Cc1nc(-c2ccccc2)nc(N2CCCN(C(=O)C3CCCC3)CC2)c1C(C)C. The Morgan fingerprint density at radius 1 is 0.967 bits per heavy atom. The van der Waals surface area contributed by atoms with Crippen LogP contribution in [-0.4, -0.2) is 47.0 Å². The van der Waals surface area contributed by atoms with Crippen molar-refractivity contribution in [3.05, 3.63) is 41.6 Å². The molecule has 4 rings (SSSR count). The van der Waals surface area contributed by atoms with Crippen molar-refractivity contribution in [3.63, 3.8) is 0 Å². The number of aryl methyl sites for hydroxylation is 1. The zero-order valence-electron chi connectivity index (χ0n) is 18.6. The first-order chi connectivity index (χ1) is 14.5. The molecule has 5 heteroatoms. The van der Waals surface area contributed by atoms with E-state index in [1.54, 1.807) is 0 Å². The molecule has 1 aliphatic carbocycles. The van der Waals surface area contributed by atoms with E-state index < -0.39 is 0 Å². The van der Waals surface area contributed by atoms with Crippen LogP contribution in [-0.2, 0) is 4.79 Å². The van der Waals surface area contributed by atoms with Gasteiger partial charge in [-0.2, -0.15) is 0 Å². The molecule has 2 aliphatic rings. The van der Waals surface area contributed by atoms with Gasteiger partial charge in [-0.05, 0) is 32.1 Å². The minimum absolute atomic E-state index is 0.258. The van der Waals surface area contributed by atoms with Gasteiger partial charge in [0.05, 0.1) is 0 Å². The van der Waals surface area contributed by atoms with E-state index in [0.29, 0.717) is 11.8 Å². The van der Waals surface area contributed by atoms with Crippen LogP contribution in [0.4, 0.5) is 5.82 Å². The molecular weight excluding hydrogens is 372 g/mol. The molecular formula is C25H34N4O. The lowest BCUT2D eigenvalue weighted by molar-refractivity contribution is -0.135. The highest BCUT2D eigenvalue weighted by Crippen LogP contribution is 2.32. The lowest BCUT2D eigenvalue weighted by Crippen LogP contribution is -2.38. The summed E-state index contributed by atoms with van der Waals surface area (Å²) in [5.74, 6) is 2.82. The number of hydrogen-bond donors (Lipinski definition) is 0. The largest absolute Gasteiger partial charge is 0.354 e. The van der Waals surface area contributed by atoms with Gasteiger partial charge in [-0.25, -0.2) is 9.97 Å². The van der Waals surface area contributed by atoms with Gasteiger partial charge in [-0.1, -0.05) is 57.0 Å². The molecule has 2 fully saturated rings. The Kier molecular flexibility index (Phi) is 6.35. The third kappa shape index (κ3) is 4.35. The zero-order valence-corrected chi connectivity index (χ0v) is 18.6. The van der Waals surface area contributed by atoms with Crippen molar-refractivity contribution in [3.8, 4) is 11.4 Å². The molecule has 1 saturated heterocycles. The fraction of sp³-hybridized carbons (Fsp3) is 0.560. The Hall–Kier alpha value is -2.43. The summed E-state index contributed by atoms with van der Waals surface area (Å²) in [5, 5.41) is 0. The summed E-state index contributed by atoms with van der Waals surface area (Å²) in [6.45, 7) is 9.94. The number of amides is 1.